The quantitative estimate of drug-likeness (QED) is 0.517. The van der Waals surface area contributed by atoms with E-state index in [1.807, 2.05) is 23.1 Å². The van der Waals surface area contributed by atoms with Gasteiger partial charge in [-0.25, -0.2) is 0 Å². The van der Waals surface area contributed by atoms with Crippen molar-refractivity contribution in [2.24, 2.45) is 11.8 Å². The number of hydrogen-bond donors (Lipinski definition) is 1. The van der Waals surface area contributed by atoms with Crippen molar-refractivity contribution >= 4 is 35.0 Å². The molecule has 9 heteroatoms. The number of fused-ring (bicyclic) bond motifs is 1. The van der Waals surface area contributed by atoms with E-state index in [4.69, 9.17) is 16.7 Å². The molecule has 1 aliphatic heterocycles. The van der Waals surface area contributed by atoms with Gasteiger partial charge in [0.1, 0.15) is 0 Å². The van der Waals surface area contributed by atoms with Gasteiger partial charge in [0, 0.05) is 50.1 Å². The van der Waals surface area contributed by atoms with E-state index >= 15 is 0 Å². The Morgan fingerprint density at radius 3 is 2.37 bits per heavy atom. The summed E-state index contributed by atoms with van der Waals surface area (Å²) in [6.45, 7) is 7.59. The van der Waals surface area contributed by atoms with Gasteiger partial charge in [0.15, 0.2) is 0 Å². The van der Waals surface area contributed by atoms with Crippen LogP contribution in [0, 0.1) is 11.8 Å². The summed E-state index contributed by atoms with van der Waals surface area (Å²) < 4.78 is 1.53. The number of hydrogen-bond acceptors (Lipinski definition) is 5. The molecular weight excluding hydrogens is 540 g/mol. The minimum Gasteiger partial charge on any atom is -0.481 e. The second kappa shape index (κ2) is 11.4. The molecule has 3 aliphatic carbocycles. The smallest absolute Gasteiger partial charge is 0.306 e. The lowest BCUT2D eigenvalue weighted by atomic mass is 9.82. The van der Waals surface area contributed by atoms with Gasteiger partial charge in [-0.3, -0.25) is 19.3 Å². The molecule has 0 spiro atoms. The van der Waals surface area contributed by atoms with Crippen LogP contribution in [0.3, 0.4) is 0 Å². The first-order chi connectivity index (χ1) is 19.7. The van der Waals surface area contributed by atoms with Crippen LogP contribution in [0.25, 0.3) is 5.57 Å². The van der Waals surface area contributed by atoms with Gasteiger partial charge in [-0.05, 0) is 81.9 Å². The number of rotatable bonds is 6. The van der Waals surface area contributed by atoms with Gasteiger partial charge in [-0.2, -0.15) is 9.78 Å². The summed E-state index contributed by atoms with van der Waals surface area (Å²) in [5.74, 6) is -1.09. The van der Waals surface area contributed by atoms with Gasteiger partial charge in [0.25, 0.3) is 5.91 Å². The van der Waals surface area contributed by atoms with Crippen molar-refractivity contribution in [2.75, 3.05) is 26.2 Å². The molecule has 1 aromatic heterocycles. The molecule has 1 amide bonds. The number of allylic oxidation sites excluding steroid dienone is 2. The van der Waals surface area contributed by atoms with E-state index in [0.29, 0.717) is 61.1 Å². The molecule has 4 aliphatic rings. The molecular formula is C32H39ClN4O4. The van der Waals surface area contributed by atoms with E-state index in [1.165, 1.54) is 4.68 Å². The van der Waals surface area contributed by atoms with Crippen molar-refractivity contribution in [3.8, 4) is 0 Å². The Morgan fingerprint density at radius 1 is 1.00 bits per heavy atom. The van der Waals surface area contributed by atoms with Crippen LogP contribution in [-0.4, -0.2) is 74.7 Å². The number of carboxylic acid groups (broad SMARTS) is 1. The third kappa shape index (κ3) is 5.48. The van der Waals surface area contributed by atoms with E-state index in [9.17, 15) is 19.5 Å². The second-order valence-corrected chi connectivity index (χ2v) is 12.8. The zero-order chi connectivity index (χ0) is 28.8. The Hall–Kier alpha value is -2.97. The monoisotopic (exact) mass is 578 g/mol. The van der Waals surface area contributed by atoms with Crippen molar-refractivity contribution < 1.29 is 19.5 Å². The Labute approximate surface area is 246 Å². The first-order valence-electron chi connectivity index (χ1n) is 15.1. The highest BCUT2D eigenvalue weighted by atomic mass is 35.5. The standard InChI is InChI=1S/C32H39ClN4O4/c1-19(2)35-14-16-36(17-15-35)30(38)23-12-13-25-27(18-23)37(34-29(25)21-8-10-22(11-9-21)32(40)41)31(39)28-24(20-6-7-20)4-3-5-26(28)33/h3-5,8,19-20,22-23H,6-7,9-18H2,1-2H3,(H,40,41). The molecule has 0 bridgehead atoms. The normalized spacial score (nSPS) is 23.3. The largest absolute Gasteiger partial charge is 0.481 e. The minimum atomic E-state index is -0.773. The molecule has 1 saturated heterocycles. The van der Waals surface area contributed by atoms with Crippen LogP contribution in [-0.2, 0) is 22.4 Å². The molecule has 2 fully saturated rings. The number of piperazine rings is 1. The third-order valence-corrected chi connectivity index (χ3v) is 9.83. The lowest BCUT2D eigenvalue weighted by Gasteiger charge is -2.38. The Bertz CT molecular complexity index is 1400. The van der Waals surface area contributed by atoms with Gasteiger partial charge < -0.3 is 10.0 Å². The first kappa shape index (κ1) is 28.2. The number of halogens is 1. The molecule has 41 heavy (non-hydrogen) atoms. The number of aromatic nitrogens is 2. The molecule has 2 unspecified atom stereocenters. The van der Waals surface area contributed by atoms with E-state index in [1.54, 1.807) is 6.07 Å². The highest BCUT2D eigenvalue weighted by Crippen LogP contribution is 2.44. The van der Waals surface area contributed by atoms with Gasteiger partial charge in [0.05, 0.1) is 27.9 Å². The fourth-order valence-electron chi connectivity index (χ4n) is 6.85. The van der Waals surface area contributed by atoms with Crippen molar-refractivity contribution in [2.45, 2.75) is 77.2 Å². The van der Waals surface area contributed by atoms with Crippen LogP contribution in [0.15, 0.2) is 24.3 Å². The highest BCUT2D eigenvalue weighted by Gasteiger charge is 2.38. The maximum Gasteiger partial charge on any atom is 0.306 e. The summed E-state index contributed by atoms with van der Waals surface area (Å²) in [7, 11) is 0. The second-order valence-electron chi connectivity index (χ2n) is 12.4. The topological polar surface area (TPSA) is 95.7 Å². The summed E-state index contributed by atoms with van der Waals surface area (Å²) in [6.07, 6.45) is 7.53. The highest BCUT2D eigenvalue weighted by molar-refractivity contribution is 6.34. The number of carbonyl (C=O) groups excluding carboxylic acids is 2. The van der Waals surface area contributed by atoms with E-state index in [2.05, 4.69) is 18.7 Å². The molecule has 8 nitrogen and oxygen atoms in total. The van der Waals surface area contributed by atoms with Gasteiger partial charge in [-0.1, -0.05) is 29.8 Å². The van der Waals surface area contributed by atoms with Gasteiger partial charge in [-0.15, -0.1) is 0 Å². The van der Waals surface area contributed by atoms with Crippen molar-refractivity contribution in [3.63, 3.8) is 0 Å². The fraction of sp³-hybridized carbons (Fsp3) is 0.562. The predicted molar refractivity (Wildman–Crippen MR) is 157 cm³/mol. The summed E-state index contributed by atoms with van der Waals surface area (Å²) in [4.78, 5) is 43.9. The zero-order valence-corrected chi connectivity index (χ0v) is 24.7. The SMILES string of the molecule is CC(C)N1CCN(C(=O)C2CCc3c(C4=CCC(C(=O)O)CC4)nn(C(=O)c4c(Cl)cccc4C4CC4)c3C2)CC1. The molecule has 218 valence electrons. The summed E-state index contributed by atoms with van der Waals surface area (Å²) in [5.41, 5.74) is 5.09. The third-order valence-electron chi connectivity index (χ3n) is 9.51. The van der Waals surface area contributed by atoms with Crippen LogP contribution in [0.5, 0.6) is 0 Å². The number of nitrogens with zero attached hydrogens (tertiary/aromatic N) is 4. The number of benzene rings is 1. The number of carboxylic acids is 1. The van der Waals surface area contributed by atoms with E-state index in [0.717, 1.165) is 67.1 Å². The predicted octanol–water partition coefficient (Wildman–Crippen LogP) is 5.03. The molecule has 2 atom stereocenters. The van der Waals surface area contributed by atoms with Crippen LogP contribution >= 0.6 is 11.6 Å². The minimum absolute atomic E-state index is 0.165. The summed E-state index contributed by atoms with van der Waals surface area (Å²) in [5, 5.41) is 14.8. The maximum atomic E-state index is 14.2. The Balaban J connectivity index is 1.33. The number of aliphatic carboxylic acids is 1. The molecule has 1 saturated carbocycles. The van der Waals surface area contributed by atoms with E-state index < -0.39 is 5.97 Å². The van der Waals surface area contributed by atoms with Gasteiger partial charge >= 0.3 is 5.97 Å². The van der Waals surface area contributed by atoms with Crippen LogP contribution in [0.1, 0.15) is 91.2 Å². The van der Waals surface area contributed by atoms with Crippen molar-refractivity contribution in [1.82, 2.24) is 19.6 Å². The Morgan fingerprint density at radius 2 is 1.73 bits per heavy atom. The van der Waals surface area contributed by atoms with Gasteiger partial charge in [0.2, 0.25) is 5.91 Å². The van der Waals surface area contributed by atoms with Crippen molar-refractivity contribution in [1.29, 1.82) is 0 Å². The van der Waals surface area contributed by atoms with Crippen LogP contribution in [0.2, 0.25) is 5.02 Å². The van der Waals surface area contributed by atoms with E-state index in [-0.39, 0.29) is 23.7 Å². The zero-order valence-electron chi connectivity index (χ0n) is 23.9. The summed E-state index contributed by atoms with van der Waals surface area (Å²) in [6, 6.07) is 6.12. The summed E-state index contributed by atoms with van der Waals surface area (Å²) >= 11 is 6.65. The average Bonchev–Trinajstić information content (AvgIpc) is 3.76. The number of carbonyl (C=O) groups is 3. The molecule has 0 radical (unpaired) electrons. The lowest BCUT2D eigenvalue weighted by molar-refractivity contribution is -0.142. The fourth-order valence-corrected chi connectivity index (χ4v) is 7.11. The van der Waals surface area contributed by atoms with Crippen LogP contribution < -0.4 is 0 Å². The lowest BCUT2D eigenvalue weighted by Crippen LogP contribution is -2.52. The first-order valence-corrected chi connectivity index (χ1v) is 15.5. The number of amides is 1. The molecule has 2 aromatic rings. The molecule has 6 rings (SSSR count). The molecule has 1 aromatic carbocycles. The molecule has 2 heterocycles. The van der Waals surface area contributed by atoms with Crippen LogP contribution in [0.4, 0.5) is 0 Å². The Kier molecular flexibility index (Phi) is 7.81. The average molecular weight is 579 g/mol. The molecule has 1 N–H and O–H groups in total. The van der Waals surface area contributed by atoms with Crippen molar-refractivity contribution in [3.05, 3.63) is 57.4 Å². The maximum absolute atomic E-state index is 14.2.